The molecule has 0 aliphatic carbocycles. The number of nitrogens with zero attached hydrogens (tertiary/aromatic N) is 2. The van der Waals surface area contributed by atoms with Gasteiger partial charge >= 0.3 is 0 Å². The fourth-order valence-corrected chi connectivity index (χ4v) is 1.35. The normalized spacial score (nSPS) is 9.94. The SMILES string of the molecule is CCCc1nc(Cl)cc(NCC(=O)NC)n1. The van der Waals surface area contributed by atoms with Gasteiger partial charge in [-0.1, -0.05) is 18.5 Å². The number of aryl methyl sites for hydroxylation is 1. The number of hydrogen-bond acceptors (Lipinski definition) is 4. The number of hydrogen-bond donors (Lipinski definition) is 2. The molecule has 1 aromatic heterocycles. The number of halogens is 1. The highest BCUT2D eigenvalue weighted by Gasteiger charge is 2.04. The Morgan fingerprint density at radius 3 is 2.88 bits per heavy atom. The first kappa shape index (κ1) is 12.7. The molecule has 0 spiro atoms. The van der Waals surface area contributed by atoms with Crippen LogP contribution in [0.1, 0.15) is 19.2 Å². The van der Waals surface area contributed by atoms with Gasteiger partial charge in [0.15, 0.2) is 0 Å². The molecule has 0 bridgehead atoms. The zero-order valence-corrected chi connectivity index (χ0v) is 10.1. The van der Waals surface area contributed by atoms with Gasteiger partial charge in [0.2, 0.25) is 5.91 Å². The summed E-state index contributed by atoms with van der Waals surface area (Å²) in [4.78, 5) is 19.4. The van der Waals surface area contributed by atoms with E-state index in [4.69, 9.17) is 11.6 Å². The molecular formula is C10H15ClN4O. The van der Waals surface area contributed by atoms with Crippen LogP contribution in [0, 0.1) is 0 Å². The lowest BCUT2D eigenvalue weighted by molar-refractivity contribution is -0.118. The van der Waals surface area contributed by atoms with Crippen LogP contribution in [-0.4, -0.2) is 29.5 Å². The Morgan fingerprint density at radius 2 is 2.25 bits per heavy atom. The van der Waals surface area contributed by atoms with E-state index < -0.39 is 0 Å². The van der Waals surface area contributed by atoms with Crippen molar-refractivity contribution >= 4 is 23.3 Å². The van der Waals surface area contributed by atoms with Gasteiger partial charge in [-0.05, 0) is 6.42 Å². The molecule has 2 N–H and O–H groups in total. The molecule has 0 saturated carbocycles. The number of likely N-dealkylation sites (N-methyl/N-ethyl adjacent to an activating group) is 1. The van der Waals surface area contributed by atoms with Gasteiger partial charge in [-0.15, -0.1) is 0 Å². The summed E-state index contributed by atoms with van der Waals surface area (Å²) >= 11 is 5.84. The van der Waals surface area contributed by atoms with E-state index in [9.17, 15) is 4.79 Å². The van der Waals surface area contributed by atoms with Crippen molar-refractivity contribution in [2.24, 2.45) is 0 Å². The van der Waals surface area contributed by atoms with E-state index in [-0.39, 0.29) is 12.5 Å². The van der Waals surface area contributed by atoms with Crippen molar-refractivity contribution < 1.29 is 4.79 Å². The summed E-state index contributed by atoms with van der Waals surface area (Å²) in [6.07, 6.45) is 1.73. The van der Waals surface area contributed by atoms with E-state index in [1.807, 2.05) is 6.92 Å². The van der Waals surface area contributed by atoms with Crippen molar-refractivity contribution in [3.8, 4) is 0 Å². The zero-order valence-electron chi connectivity index (χ0n) is 9.38. The van der Waals surface area contributed by atoms with Crippen molar-refractivity contribution in [2.75, 3.05) is 18.9 Å². The third-order valence-electron chi connectivity index (χ3n) is 1.92. The second kappa shape index (κ2) is 6.27. The lowest BCUT2D eigenvalue weighted by Gasteiger charge is -2.06. The molecule has 1 rings (SSSR count). The average molecular weight is 243 g/mol. The molecule has 0 aliphatic heterocycles. The Morgan fingerprint density at radius 1 is 1.50 bits per heavy atom. The molecule has 0 saturated heterocycles. The Balaban J connectivity index is 2.68. The van der Waals surface area contributed by atoms with Crippen LogP contribution in [0.5, 0.6) is 0 Å². The van der Waals surface area contributed by atoms with Crippen LogP contribution >= 0.6 is 11.6 Å². The lowest BCUT2D eigenvalue weighted by atomic mass is 10.3. The first-order valence-electron chi connectivity index (χ1n) is 5.13. The van der Waals surface area contributed by atoms with Gasteiger partial charge in [0, 0.05) is 19.5 Å². The fourth-order valence-electron chi connectivity index (χ4n) is 1.15. The molecule has 0 aliphatic rings. The van der Waals surface area contributed by atoms with Gasteiger partial charge in [0.1, 0.15) is 16.8 Å². The topological polar surface area (TPSA) is 66.9 Å². The monoisotopic (exact) mass is 242 g/mol. The predicted octanol–water partition coefficient (Wildman–Crippen LogP) is 1.24. The van der Waals surface area contributed by atoms with Crippen LogP contribution in [0.4, 0.5) is 5.82 Å². The Hall–Kier alpha value is -1.36. The number of amides is 1. The molecule has 0 fully saturated rings. The second-order valence-corrected chi connectivity index (χ2v) is 3.66. The largest absolute Gasteiger partial charge is 0.361 e. The molecule has 0 unspecified atom stereocenters. The molecular weight excluding hydrogens is 228 g/mol. The summed E-state index contributed by atoms with van der Waals surface area (Å²) in [6, 6.07) is 1.60. The third kappa shape index (κ3) is 4.02. The van der Waals surface area contributed by atoms with Crippen LogP contribution in [0.15, 0.2) is 6.07 Å². The number of aromatic nitrogens is 2. The van der Waals surface area contributed by atoms with Gasteiger partial charge < -0.3 is 10.6 Å². The molecule has 0 aromatic carbocycles. The van der Waals surface area contributed by atoms with E-state index in [0.29, 0.717) is 16.8 Å². The van der Waals surface area contributed by atoms with Gasteiger partial charge in [-0.25, -0.2) is 9.97 Å². The van der Waals surface area contributed by atoms with Crippen molar-refractivity contribution in [1.82, 2.24) is 15.3 Å². The van der Waals surface area contributed by atoms with Crippen molar-refractivity contribution in [2.45, 2.75) is 19.8 Å². The molecule has 6 heteroatoms. The maximum Gasteiger partial charge on any atom is 0.239 e. The summed E-state index contributed by atoms with van der Waals surface area (Å²) in [5.74, 6) is 1.16. The first-order valence-corrected chi connectivity index (χ1v) is 5.51. The minimum Gasteiger partial charge on any atom is -0.361 e. The Bertz CT molecular complexity index is 370. The van der Waals surface area contributed by atoms with E-state index in [1.165, 1.54) is 0 Å². The van der Waals surface area contributed by atoms with Gasteiger partial charge in [-0.3, -0.25) is 4.79 Å². The van der Waals surface area contributed by atoms with Crippen molar-refractivity contribution in [3.63, 3.8) is 0 Å². The van der Waals surface area contributed by atoms with Crippen molar-refractivity contribution in [1.29, 1.82) is 0 Å². The number of anilines is 1. The van der Waals surface area contributed by atoms with Crippen molar-refractivity contribution in [3.05, 3.63) is 17.0 Å². The molecule has 16 heavy (non-hydrogen) atoms. The number of carbonyl (C=O) groups excluding carboxylic acids is 1. The van der Waals surface area contributed by atoms with E-state index >= 15 is 0 Å². The minimum atomic E-state index is -0.105. The van der Waals surface area contributed by atoms with Crippen LogP contribution < -0.4 is 10.6 Å². The van der Waals surface area contributed by atoms with Gasteiger partial charge in [-0.2, -0.15) is 0 Å². The summed E-state index contributed by atoms with van der Waals surface area (Å²) in [5.41, 5.74) is 0. The molecule has 1 amide bonds. The van der Waals surface area contributed by atoms with E-state index in [1.54, 1.807) is 13.1 Å². The Kier molecular flexibility index (Phi) is 4.98. The summed E-state index contributed by atoms with van der Waals surface area (Å²) < 4.78 is 0. The number of carbonyl (C=O) groups is 1. The molecule has 5 nitrogen and oxygen atoms in total. The quantitative estimate of drug-likeness (QED) is 0.763. The highest BCUT2D eigenvalue weighted by atomic mass is 35.5. The number of rotatable bonds is 5. The van der Waals surface area contributed by atoms with Gasteiger partial charge in [0.05, 0.1) is 6.54 Å². The highest BCUT2D eigenvalue weighted by Crippen LogP contribution is 2.12. The molecule has 1 heterocycles. The molecule has 0 atom stereocenters. The van der Waals surface area contributed by atoms with E-state index in [2.05, 4.69) is 20.6 Å². The van der Waals surface area contributed by atoms with Crippen LogP contribution in [0.3, 0.4) is 0 Å². The fraction of sp³-hybridized carbons (Fsp3) is 0.500. The average Bonchev–Trinajstić information content (AvgIpc) is 2.25. The zero-order chi connectivity index (χ0) is 12.0. The third-order valence-corrected chi connectivity index (χ3v) is 2.12. The summed E-state index contributed by atoms with van der Waals surface area (Å²) in [5, 5.41) is 5.79. The van der Waals surface area contributed by atoms with Crippen LogP contribution in [0.25, 0.3) is 0 Å². The maximum atomic E-state index is 11.0. The minimum absolute atomic E-state index is 0.105. The van der Waals surface area contributed by atoms with E-state index in [0.717, 1.165) is 12.8 Å². The maximum absolute atomic E-state index is 11.0. The lowest BCUT2D eigenvalue weighted by Crippen LogP contribution is -2.26. The second-order valence-electron chi connectivity index (χ2n) is 3.27. The smallest absolute Gasteiger partial charge is 0.239 e. The first-order chi connectivity index (χ1) is 7.65. The number of nitrogens with one attached hydrogen (secondary N) is 2. The predicted molar refractivity (Wildman–Crippen MR) is 63.6 cm³/mol. The molecule has 88 valence electrons. The van der Waals surface area contributed by atoms with Crippen LogP contribution in [0.2, 0.25) is 5.15 Å². The summed E-state index contributed by atoms with van der Waals surface area (Å²) in [7, 11) is 1.58. The van der Waals surface area contributed by atoms with Crippen LogP contribution in [-0.2, 0) is 11.2 Å². The van der Waals surface area contributed by atoms with Gasteiger partial charge in [0.25, 0.3) is 0 Å². The highest BCUT2D eigenvalue weighted by molar-refractivity contribution is 6.29. The Labute approximate surface area is 99.6 Å². The standard InChI is InChI=1S/C10H15ClN4O/c1-3-4-8-14-7(11)5-9(15-8)13-6-10(16)12-2/h5H,3-4,6H2,1-2H3,(H,12,16)(H,13,14,15). The molecule has 0 radical (unpaired) electrons. The summed E-state index contributed by atoms with van der Waals surface area (Å²) in [6.45, 7) is 2.22. The molecule has 1 aromatic rings.